The van der Waals surface area contributed by atoms with Crippen molar-refractivity contribution in [3.05, 3.63) is 51.5 Å². The molecule has 0 spiro atoms. The van der Waals surface area contributed by atoms with Crippen molar-refractivity contribution < 1.29 is 18.4 Å². The second-order valence-electron chi connectivity index (χ2n) is 4.04. The number of nitrogens with zero attached hydrogens (tertiary/aromatic N) is 2. The van der Waals surface area contributed by atoms with Gasteiger partial charge in [0.1, 0.15) is 0 Å². The molecule has 0 amide bonds. The summed E-state index contributed by atoms with van der Waals surface area (Å²) in [6, 6.07) is 4.46. The number of rotatable bonds is 3. The Morgan fingerprint density at radius 2 is 2.16 bits per heavy atom. The summed E-state index contributed by atoms with van der Waals surface area (Å²) in [5.41, 5.74) is 0.874. The third kappa shape index (κ3) is 2.60. The molecule has 0 aromatic heterocycles. The Balaban J connectivity index is 2.30. The van der Waals surface area contributed by atoms with Crippen LogP contribution in [0.3, 0.4) is 0 Å². The van der Waals surface area contributed by atoms with E-state index in [2.05, 4.69) is 0 Å². The Morgan fingerprint density at radius 1 is 1.47 bits per heavy atom. The maximum Gasteiger partial charge on any atom is 0.326 e. The minimum absolute atomic E-state index is 0.0738. The van der Waals surface area contributed by atoms with E-state index < -0.39 is 21.0 Å². The van der Waals surface area contributed by atoms with Crippen LogP contribution in [0.4, 0.5) is 5.69 Å². The first-order valence-corrected chi connectivity index (χ1v) is 6.68. The number of aliphatic hydroxyl groups excluding tert-OH is 1. The summed E-state index contributed by atoms with van der Waals surface area (Å²) in [6.45, 7) is 1.50. The van der Waals surface area contributed by atoms with Gasteiger partial charge in [0.05, 0.1) is 17.7 Å². The molecule has 2 N–H and O–H groups in total. The third-order valence-corrected chi connectivity index (χ3v) is 3.94. The van der Waals surface area contributed by atoms with Crippen molar-refractivity contribution in [1.29, 1.82) is 0 Å². The second-order valence-corrected chi connectivity index (χ2v) is 5.67. The molecule has 0 saturated heterocycles. The Bertz CT molecular complexity index is 668. The predicted octanol–water partition coefficient (Wildman–Crippen LogP) is 0.910. The number of aliphatic hydroxyl groups is 1. The molecule has 8 nitrogen and oxygen atoms in total. The fraction of sp³-hybridized carbons (Fsp3) is 0.200. The van der Waals surface area contributed by atoms with Gasteiger partial charge in [-0.15, -0.1) is 0 Å². The van der Waals surface area contributed by atoms with E-state index in [1.54, 1.807) is 19.1 Å². The normalized spacial score (nSPS) is 16.9. The Labute approximate surface area is 109 Å². The van der Waals surface area contributed by atoms with Crippen molar-refractivity contribution >= 4 is 15.9 Å². The van der Waals surface area contributed by atoms with Crippen LogP contribution in [-0.2, 0) is 16.8 Å². The maximum absolute atomic E-state index is 11.5. The Morgan fingerprint density at radius 3 is 2.68 bits per heavy atom. The highest BCUT2D eigenvalue weighted by Crippen LogP contribution is 2.22. The lowest BCUT2D eigenvalue weighted by Gasteiger charge is -2.13. The van der Waals surface area contributed by atoms with Crippen LogP contribution in [0.5, 0.6) is 0 Å². The van der Waals surface area contributed by atoms with Crippen LogP contribution in [0.1, 0.15) is 11.1 Å². The van der Waals surface area contributed by atoms with Gasteiger partial charge in [0.2, 0.25) is 5.88 Å². The van der Waals surface area contributed by atoms with Crippen LogP contribution in [-0.4, -0.2) is 22.8 Å². The quantitative estimate of drug-likeness (QED) is 0.633. The number of aryl methyl sites for hydroxylation is 1. The van der Waals surface area contributed by atoms with Crippen molar-refractivity contribution in [3.63, 3.8) is 0 Å². The first kappa shape index (κ1) is 13.1. The summed E-state index contributed by atoms with van der Waals surface area (Å²) in [7, 11) is -3.81. The lowest BCUT2D eigenvalue weighted by Crippen LogP contribution is -2.29. The van der Waals surface area contributed by atoms with Gasteiger partial charge in [-0.1, -0.05) is 12.1 Å². The molecule has 0 radical (unpaired) electrons. The molecule has 0 aliphatic carbocycles. The number of benzene rings is 1. The molecule has 0 fully saturated rings. The zero-order valence-corrected chi connectivity index (χ0v) is 10.7. The van der Waals surface area contributed by atoms with Crippen molar-refractivity contribution in [2.75, 3.05) is 0 Å². The minimum atomic E-state index is -3.81. The molecule has 0 bridgehead atoms. The Hall–Kier alpha value is -2.29. The fourth-order valence-electron chi connectivity index (χ4n) is 1.68. The topological polar surface area (TPSA) is 113 Å². The predicted molar refractivity (Wildman–Crippen MR) is 66.1 cm³/mol. The van der Waals surface area contributed by atoms with E-state index in [9.17, 15) is 18.5 Å². The van der Waals surface area contributed by atoms with Crippen molar-refractivity contribution in [1.82, 2.24) is 9.03 Å². The molecule has 9 heteroatoms. The smallest absolute Gasteiger partial charge is 0.326 e. The van der Waals surface area contributed by atoms with Gasteiger partial charge >= 0.3 is 10.2 Å². The largest absolute Gasteiger partial charge is 0.493 e. The van der Waals surface area contributed by atoms with Crippen molar-refractivity contribution in [2.45, 2.75) is 13.5 Å². The highest BCUT2D eigenvalue weighted by Gasteiger charge is 2.27. The highest BCUT2D eigenvalue weighted by atomic mass is 32.2. The molecule has 1 heterocycles. The van der Waals surface area contributed by atoms with Crippen molar-refractivity contribution in [2.24, 2.45) is 0 Å². The zero-order valence-electron chi connectivity index (χ0n) is 9.90. The summed E-state index contributed by atoms with van der Waals surface area (Å²) in [4.78, 5) is 10.3. The van der Waals surface area contributed by atoms with E-state index in [1.807, 2.05) is 4.72 Å². The average Bonchev–Trinajstić information content (AvgIpc) is 2.54. The van der Waals surface area contributed by atoms with Crippen LogP contribution in [0.15, 0.2) is 30.3 Å². The van der Waals surface area contributed by atoms with Gasteiger partial charge in [0.15, 0.2) is 0 Å². The molecule has 1 aliphatic heterocycles. The van der Waals surface area contributed by atoms with E-state index in [-0.39, 0.29) is 12.2 Å². The molecule has 1 aromatic rings. The number of nitro groups is 1. The summed E-state index contributed by atoms with van der Waals surface area (Å²) >= 11 is 0. The molecule has 2 rings (SSSR count). The van der Waals surface area contributed by atoms with Gasteiger partial charge in [-0.2, -0.15) is 8.42 Å². The van der Waals surface area contributed by atoms with E-state index in [4.69, 9.17) is 5.11 Å². The first-order chi connectivity index (χ1) is 8.79. The number of nitrogens with one attached hydrogen (secondary N) is 1. The number of hydrogen-bond acceptors (Lipinski definition) is 5. The molecule has 0 unspecified atom stereocenters. The summed E-state index contributed by atoms with van der Waals surface area (Å²) < 4.78 is 25.8. The summed E-state index contributed by atoms with van der Waals surface area (Å²) in [5, 5.41) is 19.9. The molecule has 19 heavy (non-hydrogen) atoms. The molecule has 0 saturated carbocycles. The number of hydrogen-bond donors (Lipinski definition) is 2. The number of nitro benzene ring substituents is 1. The third-order valence-electron chi connectivity index (χ3n) is 2.62. The van der Waals surface area contributed by atoms with Crippen LogP contribution >= 0.6 is 0 Å². The van der Waals surface area contributed by atoms with E-state index >= 15 is 0 Å². The Kier molecular flexibility index (Phi) is 3.06. The molecule has 1 aliphatic rings. The second kappa shape index (κ2) is 4.43. The van der Waals surface area contributed by atoms with Gasteiger partial charge in [-0.3, -0.25) is 14.4 Å². The van der Waals surface area contributed by atoms with Crippen LogP contribution in [0.2, 0.25) is 0 Å². The summed E-state index contributed by atoms with van der Waals surface area (Å²) in [5.74, 6) is -0.485. The lowest BCUT2D eigenvalue weighted by molar-refractivity contribution is -0.385. The van der Waals surface area contributed by atoms with Gasteiger partial charge in [-0.25, -0.2) is 4.72 Å². The lowest BCUT2D eigenvalue weighted by atomic mass is 10.1. The zero-order chi connectivity index (χ0) is 14.2. The van der Waals surface area contributed by atoms with Crippen LogP contribution in [0.25, 0.3) is 0 Å². The first-order valence-electron chi connectivity index (χ1n) is 5.24. The van der Waals surface area contributed by atoms with E-state index in [0.717, 1.165) is 10.5 Å². The van der Waals surface area contributed by atoms with Crippen LogP contribution < -0.4 is 4.72 Å². The van der Waals surface area contributed by atoms with E-state index in [1.165, 1.54) is 6.07 Å². The maximum atomic E-state index is 11.5. The van der Waals surface area contributed by atoms with Crippen LogP contribution in [0, 0.1) is 17.0 Å². The average molecular weight is 285 g/mol. The van der Waals surface area contributed by atoms with Gasteiger partial charge in [0, 0.05) is 11.6 Å². The summed E-state index contributed by atoms with van der Waals surface area (Å²) in [6.07, 6.45) is 1.01. The molecular formula is C10H11N3O5S. The van der Waals surface area contributed by atoms with Gasteiger partial charge in [-0.05, 0) is 12.5 Å². The molecule has 1 aromatic carbocycles. The van der Waals surface area contributed by atoms with E-state index in [0.29, 0.717) is 11.1 Å². The standard InChI is InChI=1S/C10H11N3O5S/c1-7-2-3-8(4-9(7)13(15)16)5-12-6-10(14)11-19(12,17)18/h2-4,6,11,14H,5H2,1H3. The SMILES string of the molecule is Cc1ccc(CN2C=C(O)NS2(=O)=O)cc1[N+](=O)[O-]. The fourth-order valence-corrected chi connectivity index (χ4v) is 2.68. The molecular weight excluding hydrogens is 274 g/mol. The molecule has 102 valence electrons. The highest BCUT2D eigenvalue weighted by molar-refractivity contribution is 7.87. The van der Waals surface area contributed by atoms with Gasteiger partial charge in [0.25, 0.3) is 5.69 Å². The van der Waals surface area contributed by atoms with Gasteiger partial charge < -0.3 is 5.11 Å². The molecule has 0 atom stereocenters. The minimum Gasteiger partial charge on any atom is -0.493 e. The van der Waals surface area contributed by atoms with Crippen molar-refractivity contribution in [3.8, 4) is 0 Å². The monoisotopic (exact) mass is 285 g/mol.